The van der Waals surface area contributed by atoms with Crippen LogP contribution in [0.3, 0.4) is 0 Å². The Morgan fingerprint density at radius 3 is 3.17 bits per heavy atom. The molecule has 0 radical (unpaired) electrons. The second-order valence-corrected chi connectivity index (χ2v) is 5.49. The highest BCUT2D eigenvalue weighted by Crippen LogP contribution is 2.27. The first kappa shape index (κ1) is 13.1. The van der Waals surface area contributed by atoms with Crippen LogP contribution in [0.5, 0.6) is 0 Å². The SMILES string of the molecule is CC(CSc1nnc(-c2cccs2)o1)C(=O)NN. The van der Waals surface area contributed by atoms with Crippen LogP contribution in [-0.2, 0) is 4.79 Å². The maximum atomic E-state index is 11.2. The van der Waals surface area contributed by atoms with E-state index in [0.717, 1.165) is 4.88 Å². The van der Waals surface area contributed by atoms with Gasteiger partial charge in [-0.3, -0.25) is 10.2 Å². The van der Waals surface area contributed by atoms with Crippen LogP contribution in [0.4, 0.5) is 0 Å². The zero-order valence-electron chi connectivity index (χ0n) is 9.62. The van der Waals surface area contributed by atoms with Gasteiger partial charge in [0.05, 0.1) is 4.88 Å². The number of hydrogen-bond acceptors (Lipinski definition) is 7. The normalized spacial score (nSPS) is 12.3. The number of carbonyl (C=O) groups excluding carboxylic acids is 1. The van der Waals surface area contributed by atoms with E-state index in [1.54, 1.807) is 6.92 Å². The zero-order valence-corrected chi connectivity index (χ0v) is 11.3. The van der Waals surface area contributed by atoms with Gasteiger partial charge in [0, 0.05) is 11.7 Å². The minimum atomic E-state index is -0.211. The summed E-state index contributed by atoms with van der Waals surface area (Å²) in [5.74, 6) is 5.67. The maximum Gasteiger partial charge on any atom is 0.276 e. The van der Waals surface area contributed by atoms with Gasteiger partial charge in [0.25, 0.3) is 11.1 Å². The predicted molar refractivity (Wildman–Crippen MR) is 69.8 cm³/mol. The second kappa shape index (κ2) is 5.98. The molecule has 3 N–H and O–H groups in total. The lowest BCUT2D eigenvalue weighted by molar-refractivity contribution is -0.123. The van der Waals surface area contributed by atoms with E-state index in [1.165, 1.54) is 23.1 Å². The van der Waals surface area contributed by atoms with Crippen molar-refractivity contribution in [3.8, 4) is 10.8 Å². The van der Waals surface area contributed by atoms with E-state index in [0.29, 0.717) is 16.9 Å². The molecule has 0 bridgehead atoms. The molecule has 1 unspecified atom stereocenters. The standard InChI is InChI=1S/C10H12N4O2S2/c1-6(8(15)12-11)5-18-10-14-13-9(16-10)7-3-2-4-17-7/h2-4,6H,5,11H2,1H3,(H,12,15). The van der Waals surface area contributed by atoms with E-state index in [2.05, 4.69) is 15.6 Å². The molecule has 0 saturated heterocycles. The van der Waals surface area contributed by atoms with E-state index in [-0.39, 0.29) is 11.8 Å². The fraction of sp³-hybridized carbons (Fsp3) is 0.300. The van der Waals surface area contributed by atoms with Crippen LogP contribution >= 0.6 is 23.1 Å². The Kier molecular flexibility index (Phi) is 4.34. The van der Waals surface area contributed by atoms with Crippen molar-refractivity contribution in [3.63, 3.8) is 0 Å². The largest absolute Gasteiger partial charge is 0.410 e. The van der Waals surface area contributed by atoms with Gasteiger partial charge >= 0.3 is 0 Å². The lowest BCUT2D eigenvalue weighted by Gasteiger charge is -2.06. The summed E-state index contributed by atoms with van der Waals surface area (Å²) in [5, 5.41) is 10.3. The summed E-state index contributed by atoms with van der Waals surface area (Å²) in [6.07, 6.45) is 0. The molecule has 0 saturated carbocycles. The minimum absolute atomic E-state index is 0.208. The summed E-state index contributed by atoms with van der Waals surface area (Å²) >= 11 is 2.87. The molecule has 0 aliphatic carbocycles. The number of rotatable bonds is 5. The van der Waals surface area contributed by atoms with Gasteiger partial charge in [-0.15, -0.1) is 21.5 Å². The van der Waals surface area contributed by atoms with Gasteiger partial charge in [0.2, 0.25) is 5.91 Å². The number of thiophene rings is 1. The first-order valence-corrected chi connectivity index (χ1v) is 7.08. The molecule has 0 aliphatic heterocycles. The van der Waals surface area contributed by atoms with Crippen LogP contribution < -0.4 is 11.3 Å². The third-order valence-electron chi connectivity index (χ3n) is 2.19. The molecule has 2 heterocycles. The predicted octanol–water partition coefficient (Wildman–Crippen LogP) is 1.52. The molecule has 1 amide bonds. The fourth-order valence-electron chi connectivity index (χ4n) is 1.18. The molecule has 0 spiro atoms. The summed E-state index contributed by atoms with van der Waals surface area (Å²) < 4.78 is 5.48. The molecule has 2 aromatic heterocycles. The van der Waals surface area contributed by atoms with E-state index < -0.39 is 0 Å². The molecule has 18 heavy (non-hydrogen) atoms. The summed E-state index contributed by atoms with van der Waals surface area (Å²) in [4.78, 5) is 12.1. The fourth-order valence-corrected chi connectivity index (χ4v) is 2.61. The van der Waals surface area contributed by atoms with Gasteiger partial charge in [-0.05, 0) is 11.4 Å². The smallest absolute Gasteiger partial charge is 0.276 e. The van der Waals surface area contributed by atoms with Gasteiger partial charge < -0.3 is 4.42 Å². The highest BCUT2D eigenvalue weighted by atomic mass is 32.2. The van der Waals surface area contributed by atoms with Crippen LogP contribution in [0.2, 0.25) is 0 Å². The van der Waals surface area contributed by atoms with Crippen molar-refractivity contribution in [3.05, 3.63) is 17.5 Å². The Labute approximate surface area is 112 Å². The summed E-state index contributed by atoms with van der Waals surface area (Å²) in [7, 11) is 0. The van der Waals surface area contributed by atoms with Gasteiger partial charge in [-0.1, -0.05) is 24.8 Å². The molecule has 8 heteroatoms. The number of amides is 1. The average molecular weight is 284 g/mol. The number of nitrogens with zero attached hydrogens (tertiary/aromatic N) is 2. The average Bonchev–Trinajstić information content (AvgIpc) is 3.04. The van der Waals surface area contributed by atoms with Crippen LogP contribution in [-0.4, -0.2) is 21.9 Å². The van der Waals surface area contributed by atoms with E-state index >= 15 is 0 Å². The molecule has 0 fully saturated rings. The number of nitrogens with one attached hydrogen (secondary N) is 1. The Bertz CT molecular complexity index is 512. The molecule has 0 aromatic carbocycles. The zero-order chi connectivity index (χ0) is 13.0. The van der Waals surface area contributed by atoms with Gasteiger partial charge in [0.15, 0.2) is 0 Å². The van der Waals surface area contributed by atoms with Crippen LogP contribution in [0.25, 0.3) is 10.8 Å². The third kappa shape index (κ3) is 3.09. The maximum absolute atomic E-state index is 11.2. The third-order valence-corrected chi connectivity index (χ3v) is 4.12. The lowest BCUT2D eigenvalue weighted by atomic mass is 10.2. The Morgan fingerprint density at radius 2 is 2.50 bits per heavy atom. The molecule has 1 atom stereocenters. The van der Waals surface area contributed by atoms with E-state index in [9.17, 15) is 4.79 Å². The highest BCUT2D eigenvalue weighted by Gasteiger charge is 2.15. The molecule has 2 aromatic rings. The summed E-state index contributed by atoms with van der Waals surface area (Å²) in [6.45, 7) is 1.78. The number of carbonyl (C=O) groups is 1. The van der Waals surface area contributed by atoms with Crippen LogP contribution in [0.1, 0.15) is 6.92 Å². The Morgan fingerprint density at radius 1 is 1.67 bits per heavy atom. The highest BCUT2D eigenvalue weighted by molar-refractivity contribution is 7.99. The Balaban J connectivity index is 1.93. The summed E-state index contributed by atoms with van der Waals surface area (Å²) in [6, 6.07) is 3.84. The van der Waals surface area contributed by atoms with Gasteiger partial charge in [-0.2, -0.15) is 0 Å². The summed E-state index contributed by atoms with van der Waals surface area (Å²) in [5.41, 5.74) is 2.11. The lowest BCUT2D eigenvalue weighted by Crippen LogP contribution is -2.35. The van der Waals surface area contributed by atoms with Crippen molar-refractivity contribution in [2.24, 2.45) is 11.8 Å². The second-order valence-electron chi connectivity index (χ2n) is 3.57. The van der Waals surface area contributed by atoms with Gasteiger partial charge in [0.1, 0.15) is 0 Å². The Hall–Kier alpha value is -1.38. The van der Waals surface area contributed by atoms with Crippen LogP contribution in [0, 0.1) is 5.92 Å². The molecule has 0 aliphatic rings. The minimum Gasteiger partial charge on any atom is -0.410 e. The molecular weight excluding hydrogens is 272 g/mol. The van der Waals surface area contributed by atoms with Crippen LogP contribution in [0.15, 0.2) is 27.2 Å². The topological polar surface area (TPSA) is 94.0 Å². The van der Waals surface area contributed by atoms with Crippen molar-refractivity contribution in [1.82, 2.24) is 15.6 Å². The molecular formula is C10H12N4O2S2. The van der Waals surface area contributed by atoms with E-state index in [4.69, 9.17) is 10.3 Å². The molecule has 6 nitrogen and oxygen atoms in total. The van der Waals surface area contributed by atoms with Crippen molar-refractivity contribution in [1.29, 1.82) is 0 Å². The number of thioether (sulfide) groups is 1. The molecule has 2 rings (SSSR count). The van der Waals surface area contributed by atoms with Crippen molar-refractivity contribution < 1.29 is 9.21 Å². The number of hydrogen-bond donors (Lipinski definition) is 2. The first-order valence-electron chi connectivity index (χ1n) is 5.21. The van der Waals surface area contributed by atoms with Crippen molar-refractivity contribution >= 4 is 29.0 Å². The monoisotopic (exact) mass is 284 g/mol. The van der Waals surface area contributed by atoms with Gasteiger partial charge in [-0.25, -0.2) is 5.84 Å². The number of nitrogens with two attached hydrogens (primary N) is 1. The number of aromatic nitrogens is 2. The van der Waals surface area contributed by atoms with Crippen molar-refractivity contribution in [2.45, 2.75) is 12.1 Å². The quantitative estimate of drug-likeness (QED) is 0.374. The van der Waals surface area contributed by atoms with E-state index in [1.807, 2.05) is 17.5 Å². The van der Waals surface area contributed by atoms with Crippen molar-refractivity contribution in [2.75, 3.05) is 5.75 Å². The molecule has 96 valence electrons. The first-order chi connectivity index (χ1) is 8.70. The number of hydrazine groups is 1.